The monoisotopic (exact) mass is 270 g/mol. The van der Waals surface area contributed by atoms with Crippen LogP contribution in [0.1, 0.15) is 38.0 Å². The lowest BCUT2D eigenvalue weighted by molar-refractivity contribution is 0.214. The molecule has 1 heterocycles. The fourth-order valence-electron chi connectivity index (χ4n) is 1.94. The molecule has 1 unspecified atom stereocenters. The van der Waals surface area contributed by atoms with Crippen LogP contribution in [0.15, 0.2) is 48.7 Å². The average Bonchev–Trinajstić information content (AvgIpc) is 2.47. The van der Waals surface area contributed by atoms with Crippen molar-refractivity contribution in [1.82, 2.24) is 10.3 Å². The molecule has 0 bridgehead atoms. The maximum atomic E-state index is 6.01. The van der Waals surface area contributed by atoms with Crippen molar-refractivity contribution in [3.05, 3.63) is 59.8 Å². The van der Waals surface area contributed by atoms with Crippen LogP contribution >= 0.6 is 0 Å². The van der Waals surface area contributed by atoms with E-state index in [2.05, 4.69) is 42.3 Å². The van der Waals surface area contributed by atoms with Crippen molar-refractivity contribution >= 4 is 0 Å². The molecule has 0 spiro atoms. The predicted molar refractivity (Wildman–Crippen MR) is 81.7 cm³/mol. The molecule has 3 heteroatoms. The van der Waals surface area contributed by atoms with Crippen LogP contribution in [0.5, 0.6) is 5.88 Å². The first-order valence-electron chi connectivity index (χ1n) is 7.05. The molecule has 1 atom stereocenters. The van der Waals surface area contributed by atoms with E-state index in [1.807, 2.05) is 31.2 Å². The van der Waals surface area contributed by atoms with Crippen LogP contribution in [0, 0.1) is 0 Å². The summed E-state index contributed by atoms with van der Waals surface area (Å²) in [5, 5.41) is 3.40. The van der Waals surface area contributed by atoms with Gasteiger partial charge in [-0.15, -0.1) is 0 Å². The lowest BCUT2D eigenvalue weighted by atomic mass is 10.1. The fraction of sp³-hybridized carbons (Fsp3) is 0.353. The zero-order valence-corrected chi connectivity index (χ0v) is 12.3. The summed E-state index contributed by atoms with van der Waals surface area (Å²) < 4.78 is 6.01. The summed E-state index contributed by atoms with van der Waals surface area (Å²) >= 11 is 0. The molecule has 0 radical (unpaired) electrons. The number of hydrogen-bond acceptors (Lipinski definition) is 3. The van der Waals surface area contributed by atoms with Crippen LogP contribution in [0.25, 0.3) is 0 Å². The number of aromatic nitrogens is 1. The van der Waals surface area contributed by atoms with Crippen LogP contribution in [0.4, 0.5) is 0 Å². The summed E-state index contributed by atoms with van der Waals surface area (Å²) in [6, 6.07) is 14.6. The number of ether oxygens (including phenoxy) is 1. The third kappa shape index (κ3) is 4.07. The van der Waals surface area contributed by atoms with Gasteiger partial charge in [-0.3, -0.25) is 0 Å². The Bertz CT molecular complexity index is 526. The third-order valence-electron chi connectivity index (χ3n) is 3.11. The van der Waals surface area contributed by atoms with E-state index < -0.39 is 0 Å². The second-order valence-electron chi connectivity index (χ2n) is 5.17. The molecule has 0 saturated heterocycles. The lowest BCUT2D eigenvalue weighted by Crippen LogP contribution is -2.22. The summed E-state index contributed by atoms with van der Waals surface area (Å²) in [6.45, 7) is 7.07. The maximum absolute atomic E-state index is 6.01. The Morgan fingerprint density at radius 1 is 1.05 bits per heavy atom. The highest BCUT2D eigenvalue weighted by Crippen LogP contribution is 2.22. The van der Waals surface area contributed by atoms with E-state index in [9.17, 15) is 0 Å². The summed E-state index contributed by atoms with van der Waals surface area (Å²) in [5.74, 6) is 0.706. The van der Waals surface area contributed by atoms with E-state index >= 15 is 0 Å². The van der Waals surface area contributed by atoms with Gasteiger partial charge in [0.25, 0.3) is 0 Å². The Morgan fingerprint density at radius 3 is 2.50 bits per heavy atom. The Hall–Kier alpha value is -1.87. The minimum Gasteiger partial charge on any atom is -0.470 e. The van der Waals surface area contributed by atoms with Crippen molar-refractivity contribution in [3.8, 4) is 5.88 Å². The van der Waals surface area contributed by atoms with E-state index in [-0.39, 0.29) is 6.10 Å². The maximum Gasteiger partial charge on any atom is 0.218 e. The lowest BCUT2D eigenvalue weighted by Gasteiger charge is -2.17. The van der Waals surface area contributed by atoms with Crippen molar-refractivity contribution in [2.75, 3.05) is 0 Å². The quantitative estimate of drug-likeness (QED) is 0.868. The van der Waals surface area contributed by atoms with Gasteiger partial charge >= 0.3 is 0 Å². The second kappa shape index (κ2) is 7.06. The van der Waals surface area contributed by atoms with Crippen LogP contribution < -0.4 is 10.1 Å². The van der Waals surface area contributed by atoms with Gasteiger partial charge in [-0.2, -0.15) is 0 Å². The van der Waals surface area contributed by atoms with Crippen molar-refractivity contribution in [2.24, 2.45) is 0 Å². The number of hydrogen-bond donors (Lipinski definition) is 1. The van der Waals surface area contributed by atoms with Crippen LogP contribution in [-0.4, -0.2) is 11.0 Å². The van der Waals surface area contributed by atoms with E-state index in [1.165, 1.54) is 0 Å². The standard InChI is InChI=1S/C17H22N2O/c1-13(2)19-12-16-10-7-11-18-17(16)20-14(3)15-8-5-4-6-9-15/h4-11,13-14,19H,12H2,1-3H3. The number of nitrogens with one attached hydrogen (secondary N) is 1. The molecule has 20 heavy (non-hydrogen) atoms. The van der Waals surface area contributed by atoms with Crippen molar-refractivity contribution in [1.29, 1.82) is 0 Å². The van der Waals surface area contributed by atoms with Gasteiger partial charge in [0.15, 0.2) is 0 Å². The summed E-state index contributed by atoms with van der Waals surface area (Å²) in [4.78, 5) is 4.36. The molecular weight excluding hydrogens is 248 g/mol. The molecular formula is C17H22N2O. The second-order valence-corrected chi connectivity index (χ2v) is 5.17. The largest absolute Gasteiger partial charge is 0.470 e. The van der Waals surface area contributed by atoms with Gasteiger partial charge in [0.05, 0.1) is 0 Å². The molecule has 1 N–H and O–H groups in total. The Labute approximate surface area is 121 Å². The highest BCUT2D eigenvalue weighted by molar-refractivity contribution is 5.27. The minimum atomic E-state index is -0.0103. The molecule has 0 aliphatic rings. The van der Waals surface area contributed by atoms with Gasteiger partial charge in [-0.05, 0) is 18.6 Å². The Morgan fingerprint density at radius 2 is 1.80 bits per heavy atom. The number of pyridine rings is 1. The first kappa shape index (κ1) is 14.5. The molecule has 0 saturated carbocycles. The molecule has 0 aliphatic carbocycles. The SMILES string of the molecule is CC(C)NCc1cccnc1OC(C)c1ccccc1. The predicted octanol–water partition coefficient (Wildman–Crippen LogP) is 3.72. The van der Waals surface area contributed by atoms with Gasteiger partial charge in [-0.25, -0.2) is 4.98 Å². The van der Waals surface area contributed by atoms with E-state index in [0.717, 1.165) is 17.7 Å². The van der Waals surface area contributed by atoms with E-state index in [1.54, 1.807) is 6.20 Å². The topological polar surface area (TPSA) is 34.2 Å². The van der Waals surface area contributed by atoms with Crippen LogP contribution in [0.3, 0.4) is 0 Å². The molecule has 2 aromatic rings. The van der Waals surface area contributed by atoms with Crippen LogP contribution in [-0.2, 0) is 6.54 Å². The number of rotatable bonds is 6. The molecule has 3 nitrogen and oxygen atoms in total. The number of nitrogens with zero attached hydrogens (tertiary/aromatic N) is 1. The van der Waals surface area contributed by atoms with Gasteiger partial charge < -0.3 is 10.1 Å². The van der Waals surface area contributed by atoms with Crippen molar-refractivity contribution in [3.63, 3.8) is 0 Å². The van der Waals surface area contributed by atoms with Crippen molar-refractivity contribution in [2.45, 2.75) is 39.5 Å². The fourth-order valence-corrected chi connectivity index (χ4v) is 1.94. The summed E-state index contributed by atoms with van der Waals surface area (Å²) in [6.07, 6.45) is 1.76. The van der Waals surface area contributed by atoms with E-state index in [0.29, 0.717) is 11.9 Å². The minimum absolute atomic E-state index is 0.0103. The molecule has 106 valence electrons. The highest BCUT2D eigenvalue weighted by Gasteiger charge is 2.11. The molecule has 0 aliphatic heterocycles. The van der Waals surface area contributed by atoms with Gasteiger partial charge in [0.1, 0.15) is 6.10 Å². The Balaban J connectivity index is 2.09. The first-order chi connectivity index (χ1) is 9.66. The normalized spacial score (nSPS) is 12.4. The third-order valence-corrected chi connectivity index (χ3v) is 3.11. The molecule has 0 amide bonds. The zero-order valence-electron chi connectivity index (χ0n) is 12.3. The first-order valence-corrected chi connectivity index (χ1v) is 7.05. The summed E-state index contributed by atoms with van der Waals surface area (Å²) in [7, 11) is 0. The molecule has 1 aromatic heterocycles. The van der Waals surface area contributed by atoms with Gasteiger partial charge in [0.2, 0.25) is 5.88 Å². The van der Waals surface area contributed by atoms with Crippen LogP contribution in [0.2, 0.25) is 0 Å². The van der Waals surface area contributed by atoms with Crippen molar-refractivity contribution < 1.29 is 4.74 Å². The Kier molecular flexibility index (Phi) is 5.13. The van der Waals surface area contributed by atoms with Gasteiger partial charge in [-0.1, -0.05) is 50.2 Å². The highest BCUT2D eigenvalue weighted by atomic mass is 16.5. The summed E-state index contributed by atoms with van der Waals surface area (Å²) in [5.41, 5.74) is 2.24. The zero-order chi connectivity index (χ0) is 14.4. The number of benzene rings is 1. The van der Waals surface area contributed by atoms with E-state index in [4.69, 9.17) is 4.74 Å². The molecule has 1 aromatic carbocycles. The van der Waals surface area contributed by atoms with Gasteiger partial charge in [0, 0.05) is 24.3 Å². The average molecular weight is 270 g/mol. The molecule has 2 rings (SSSR count). The molecule has 0 fully saturated rings. The smallest absolute Gasteiger partial charge is 0.218 e.